The molecule has 0 unspecified atom stereocenters. The van der Waals surface area contributed by atoms with Crippen LogP contribution in [0.2, 0.25) is 0 Å². The van der Waals surface area contributed by atoms with Gasteiger partial charge in [0.2, 0.25) is 0 Å². The first-order valence-corrected chi connectivity index (χ1v) is 18.1. The molecule has 3 aliphatic carbocycles. The van der Waals surface area contributed by atoms with Gasteiger partial charge in [-0.25, -0.2) is 0 Å². The number of aliphatic hydroxyl groups is 2. The average Bonchev–Trinajstić information content (AvgIpc) is 3.56. The third-order valence-electron chi connectivity index (χ3n) is 11.0. The highest BCUT2D eigenvalue weighted by Gasteiger charge is 2.73. The number of carbonyl (C=O) groups excluding carboxylic acids is 1. The lowest BCUT2D eigenvalue weighted by molar-refractivity contribution is -0.306. The van der Waals surface area contributed by atoms with Crippen LogP contribution in [0, 0.1) is 28.1 Å². The maximum atomic E-state index is 15.3. The quantitative estimate of drug-likeness (QED) is 0.439. The lowest BCUT2D eigenvalue weighted by atomic mass is 9.40. The molecule has 0 radical (unpaired) electrons. The fourth-order valence-corrected chi connectivity index (χ4v) is 13.8. The first-order valence-electron chi connectivity index (χ1n) is 13.9. The predicted octanol–water partition coefficient (Wildman–Crippen LogP) is 4.77. The van der Waals surface area contributed by atoms with Crippen molar-refractivity contribution in [2.45, 2.75) is 93.9 Å². The highest BCUT2D eigenvalue weighted by Crippen LogP contribution is 2.68. The zero-order valence-electron chi connectivity index (χ0n) is 23.2. The Morgan fingerprint density at radius 1 is 0.974 bits per heavy atom. The van der Waals surface area contributed by atoms with E-state index in [2.05, 4.69) is 34.6 Å². The first kappa shape index (κ1) is 28.7. The average molecular weight is 603 g/mol. The van der Waals surface area contributed by atoms with E-state index in [1.54, 1.807) is 47.0 Å². The normalized spacial score (nSPS) is 49.3. The number of ketones is 1. The first-order chi connectivity index (χ1) is 17.9. The van der Waals surface area contributed by atoms with Crippen LogP contribution in [0.4, 0.5) is 0 Å². The molecule has 9 atom stereocenters. The Morgan fingerprint density at radius 2 is 1.55 bits per heavy atom. The summed E-state index contributed by atoms with van der Waals surface area (Å²) in [4.78, 5) is 15.3. The molecule has 2 N–H and O–H groups in total. The molecule has 6 aliphatic rings. The van der Waals surface area contributed by atoms with Crippen molar-refractivity contribution in [2.24, 2.45) is 28.1 Å². The molecule has 0 amide bonds. The lowest BCUT2D eigenvalue weighted by Crippen LogP contribution is -2.75. The van der Waals surface area contributed by atoms with Gasteiger partial charge < -0.3 is 24.4 Å². The van der Waals surface area contributed by atoms with E-state index in [9.17, 15) is 10.2 Å². The molecule has 2 bridgehead atoms. The van der Waals surface area contributed by atoms with Gasteiger partial charge in [-0.1, -0.05) is 27.7 Å². The molecule has 6 rings (SSSR count). The molecule has 5 fully saturated rings. The maximum absolute atomic E-state index is 15.3. The number of fused-ring (bicyclic) bond motifs is 5. The van der Waals surface area contributed by atoms with Crippen molar-refractivity contribution in [3.63, 3.8) is 0 Å². The Kier molecular flexibility index (Phi) is 7.43. The van der Waals surface area contributed by atoms with Crippen molar-refractivity contribution in [1.29, 1.82) is 0 Å². The molecule has 3 aliphatic heterocycles. The summed E-state index contributed by atoms with van der Waals surface area (Å²) < 4.78 is 19.6. The maximum Gasteiger partial charge on any atom is 0.174 e. The van der Waals surface area contributed by atoms with Crippen molar-refractivity contribution in [1.82, 2.24) is 0 Å². The van der Waals surface area contributed by atoms with Crippen LogP contribution < -0.4 is 0 Å². The third kappa shape index (κ3) is 3.94. The number of thioether (sulfide) groups is 4. The topological polar surface area (TPSA) is 85.2 Å². The van der Waals surface area contributed by atoms with Gasteiger partial charge in [-0.15, -0.1) is 47.0 Å². The Morgan fingerprint density at radius 3 is 2.11 bits per heavy atom. The molecule has 3 saturated heterocycles. The van der Waals surface area contributed by atoms with Crippen LogP contribution in [0.3, 0.4) is 0 Å². The van der Waals surface area contributed by atoms with Gasteiger partial charge in [-0.3, -0.25) is 4.79 Å². The summed E-state index contributed by atoms with van der Waals surface area (Å²) in [6.45, 7) is 13.0. The van der Waals surface area contributed by atoms with E-state index in [0.717, 1.165) is 34.2 Å². The molecule has 6 nitrogen and oxygen atoms in total. The zero-order chi connectivity index (χ0) is 27.3. The number of Topliss-reactive ketones (excluding diaryl/α,β-unsaturated/α-hetero) is 1. The minimum Gasteiger partial charge on any atom is -0.389 e. The summed E-state index contributed by atoms with van der Waals surface area (Å²) in [7, 11) is 0. The number of hydrogen-bond acceptors (Lipinski definition) is 10. The van der Waals surface area contributed by atoms with Crippen LogP contribution in [0.15, 0.2) is 11.1 Å². The molecule has 214 valence electrons. The van der Waals surface area contributed by atoms with Crippen molar-refractivity contribution in [3.8, 4) is 0 Å². The highest BCUT2D eigenvalue weighted by molar-refractivity contribution is 8.20. The minimum absolute atomic E-state index is 0.00225. The predicted molar refractivity (Wildman–Crippen MR) is 157 cm³/mol. The molecule has 0 aromatic heterocycles. The fraction of sp³-hybridized carbons (Fsp3) is 0.893. The lowest BCUT2D eigenvalue weighted by Gasteiger charge is -2.69. The fourth-order valence-electron chi connectivity index (χ4n) is 8.81. The number of rotatable bonds is 4. The van der Waals surface area contributed by atoms with Crippen molar-refractivity contribution < 1.29 is 29.2 Å². The molecule has 10 heteroatoms. The van der Waals surface area contributed by atoms with Crippen molar-refractivity contribution in [2.75, 3.05) is 29.6 Å². The van der Waals surface area contributed by atoms with E-state index in [4.69, 9.17) is 14.2 Å². The van der Waals surface area contributed by atoms with Crippen LogP contribution in [-0.4, -0.2) is 85.2 Å². The Labute approximate surface area is 243 Å². The summed E-state index contributed by atoms with van der Waals surface area (Å²) >= 11 is 7.08. The van der Waals surface area contributed by atoms with Gasteiger partial charge in [0.25, 0.3) is 0 Å². The van der Waals surface area contributed by atoms with Crippen LogP contribution in [0.25, 0.3) is 0 Å². The smallest absolute Gasteiger partial charge is 0.174 e. The zero-order valence-corrected chi connectivity index (χ0v) is 26.5. The minimum atomic E-state index is -1.23. The molecule has 2 saturated carbocycles. The van der Waals surface area contributed by atoms with Gasteiger partial charge in [-0.2, -0.15) is 0 Å². The molecular weight excluding hydrogens is 561 g/mol. The molecule has 3 heterocycles. The Bertz CT molecular complexity index is 1010. The number of hydrogen-bond donors (Lipinski definition) is 2. The number of aliphatic hydroxyl groups excluding tert-OH is 1. The van der Waals surface area contributed by atoms with E-state index in [-0.39, 0.29) is 51.2 Å². The van der Waals surface area contributed by atoms with Crippen LogP contribution in [-0.2, 0) is 19.0 Å². The molecule has 0 aromatic carbocycles. The number of ether oxygens (including phenoxy) is 3. The van der Waals surface area contributed by atoms with E-state index < -0.39 is 28.6 Å². The number of carbonyl (C=O) groups is 1. The summed E-state index contributed by atoms with van der Waals surface area (Å²) in [6.07, 6.45) is -1.10. The van der Waals surface area contributed by atoms with E-state index in [1.165, 1.54) is 0 Å². The van der Waals surface area contributed by atoms with E-state index in [1.807, 2.05) is 6.92 Å². The molecular formula is C28H42O6S4. The second-order valence-electron chi connectivity index (χ2n) is 13.0. The standard InChI is InChI=1S/C28H42O6S4/c1-14-16(29)12-28(31)15(2)21-26(5)13-32-17(26)11-18(33-23-35-7-8-36-23)27(21,6)22(30)20(19(14)25(28,3)4)34-24-37-9-10-38-24/h15-18,20-21,23-24,29,31H,7-13H2,1-6H3/t15-,16-,17+,18-,20+,21+,26+,27+,28+/m0/s1. The largest absolute Gasteiger partial charge is 0.389 e. The van der Waals surface area contributed by atoms with Gasteiger partial charge in [0.05, 0.1) is 35.9 Å². The van der Waals surface area contributed by atoms with Gasteiger partial charge in [0, 0.05) is 46.7 Å². The Balaban J connectivity index is 1.55. The summed E-state index contributed by atoms with van der Waals surface area (Å²) in [5.41, 5.74) is -1.60. The molecule has 0 aromatic rings. The van der Waals surface area contributed by atoms with Crippen molar-refractivity contribution in [3.05, 3.63) is 11.1 Å². The second kappa shape index (κ2) is 9.83. The summed E-state index contributed by atoms with van der Waals surface area (Å²) in [5.74, 6) is 3.65. The second-order valence-corrected chi connectivity index (χ2v) is 18.3. The van der Waals surface area contributed by atoms with Crippen molar-refractivity contribution >= 4 is 52.8 Å². The van der Waals surface area contributed by atoms with Gasteiger partial charge in [0.15, 0.2) is 10.6 Å². The molecule has 38 heavy (non-hydrogen) atoms. The summed E-state index contributed by atoms with van der Waals surface area (Å²) in [6, 6.07) is 0. The van der Waals surface area contributed by atoms with Gasteiger partial charge in [0.1, 0.15) is 10.9 Å². The van der Waals surface area contributed by atoms with E-state index in [0.29, 0.717) is 13.0 Å². The Hall–Kier alpha value is 0.610. The van der Waals surface area contributed by atoms with E-state index >= 15 is 4.79 Å². The molecule has 0 spiro atoms. The third-order valence-corrected chi connectivity index (χ3v) is 16.4. The van der Waals surface area contributed by atoms with Gasteiger partial charge >= 0.3 is 0 Å². The van der Waals surface area contributed by atoms with Crippen LogP contribution in [0.5, 0.6) is 0 Å². The highest BCUT2D eigenvalue weighted by atomic mass is 32.2. The SMILES string of the molecule is CC1=C2[C@@H](OC3SCCS3)C(=O)[C@]3(C)[C@@H](OC4SCCS4)C[C@H]4OC[C@@]4(C)[C@H]3[C@H](C)[C@](O)(C[C@@H]1O)C2(C)C. The van der Waals surface area contributed by atoms with Crippen LogP contribution >= 0.6 is 47.0 Å². The van der Waals surface area contributed by atoms with Crippen LogP contribution in [0.1, 0.15) is 54.4 Å². The summed E-state index contributed by atoms with van der Waals surface area (Å²) in [5, 5.41) is 24.1. The van der Waals surface area contributed by atoms with Gasteiger partial charge in [-0.05, 0) is 36.8 Å². The monoisotopic (exact) mass is 602 g/mol.